The molecule has 9 heteroatoms. The number of anilines is 1. The summed E-state index contributed by atoms with van der Waals surface area (Å²) < 4.78 is 12.1. The number of nitrogens with one attached hydrogen (secondary N) is 1. The first-order valence-electron chi connectivity index (χ1n) is 12.2. The fourth-order valence-corrected chi connectivity index (χ4v) is 4.42. The van der Waals surface area contributed by atoms with Crippen LogP contribution in [0.2, 0.25) is 0 Å². The zero-order valence-electron chi connectivity index (χ0n) is 20.9. The van der Waals surface area contributed by atoms with Gasteiger partial charge in [-0.3, -0.25) is 19.5 Å². The molecule has 0 saturated heterocycles. The van der Waals surface area contributed by atoms with E-state index in [0.29, 0.717) is 30.2 Å². The predicted octanol–water partition coefficient (Wildman–Crippen LogP) is 2.94. The Bertz CT molecular complexity index is 1030. The lowest BCUT2D eigenvalue weighted by Crippen LogP contribution is -2.47. The summed E-state index contributed by atoms with van der Waals surface area (Å²) in [5, 5.41) is 2.82. The van der Waals surface area contributed by atoms with Gasteiger partial charge in [-0.1, -0.05) is 6.92 Å². The smallest absolute Gasteiger partial charge is 0.275 e. The molecule has 0 spiro atoms. The van der Waals surface area contributed by atoms with Crippen LogP contribution in [0.15, 0.2) is 36.8 Å². The Balaban J connectivity index is 1.60. The van der Waals surface area contributed by atoms with Gasteiger partial charge in [-0.15, -0.1) is 0 Å². The van der Waals surface area contributed by atoms with Crippen LogP contribution in [-0.2, 0) is 4.74 Å². The highest BCUT2D eigenvalue weighted by molar-refractivity contribution is 6.03. The van der Waals surface area contributed by atoms with Gasteiger partial charge in [-0.05, 0) is 43.7 Å². The van der Waals surface area contributed by atoms with Gasteiger partial charge in [0.2, 0.25) is 0 Å². The third-order valence-electron chi connectivity index (χ3n) is 6.82. The molecule has 1 fully saturated rings. The van der Waals surface area contributed by atoms with Crippen molar-refractivity contribution >= 4 is 17.5 Å². The van der Waals surface area contributed by atoms with Gasteiger partial charge in [0, 0.05) is 64.0 Å². The molecule has 9 nitrogen and oxygen atoms in total. The molecule has 35 heavy (non-hydrogen) atoms. The first-order chi connectivity index (χ1) is 16.9. The molecule has 0 bridgehead atoms. The maximum absolute atomic E-state index is 13.3. The summed E-state index contributed by atoms with van der Waals surface area (Å²) in [6.07, 6.45) is 6.86. The molecule has 2 aliphatic rings. The van der Waals surface area contributed by atoms with Crippen LogP contribution < -0.4 is 10.1 Å². The number of hydrogen-bond acceptors (Lipinski definition) is 7. The van der Waals surface area contributed by atoms with E-state index in [4.69, 9.17) is 9.47 Å². The Hall–Kier alpha value is -3.04. The third kappa shape index (κ3) is 6.35. The molecule has 3 atom stereocenters. The van der Waals surface area contributed by atoms with Crippen LogP contribution in [-0.4, -0.2) is 84.1 Å². The van der Waals surface area contributed by atoms with Crippen LogP contribution in [0, 0.1) is 11.8 Å². The number of nitrogens with zero attached hydrogens (tertiary/aromatic N) is 4. The second kappa shape index (κ2) is 11.1. The summed E-state index contributed by atoms with van der Waals surface area (Å²) in [6.45, 7) is 7.18. The quantitative estimate of drug-likeness (QED) is 0.701. The second-order valence-corrected chi connectivity index (χ2v) is 9.75. The van der Waals surface area contributed by atoms with Gasteiger partial charge in [-0.25, -0.2) is 4.98 Å². The Morgan fingerprint density at radius 1 is 1.23 bits per heavy atom. The number of carbonyl (C=O) groups is 2. The van der Waals surface area contributed by atoms with E-state index >= 15 is 0 Å². The molecule has 1 aliphatic carbocycles. The highest BCUT2D eigenvalue weighted by Crippen LogP contribution is 2.32. The number of rotatable bonds is 5. The van der Waals surface area contributed by atoms with Crippen molar-refractivity contribution in [3.63, 3.8) is 0 Å². The number of benzene rings is 1. The number of likely N-dealkylation sites (N-methyl/N-ethyl adjacent to an activating group) is 1. The number of ether oxygens (including phenoxy) is 2. The molecular formula is C26H35N5O4. The summed E-state index contributed by atoms with van der Waals surface area (Å²) in [5.74, 6) is 0.922. The Labute approximate surface area is 206 Å². The zero-order chi connectivity index (χ0) is 24.9. The molecule has 1 aliphatic heterocycles. The highest BCUT2D eigenvalue weighted by atomic mass is 16.5. The van der Waals surface area contributed by atoms with Crippen molar-refractivity contribution in [2.45, 2.75) is 38.8 Å². The topological polar surface area (TPSA) is 96.9 Å². The SMILES string of the molecule is CO[C@@H]1CN(C)C(=O)c2ccc(NC(=O)c3cnccn3)cc2OC[C@H](C)N(CC2CC2)C[C@H]1C. The normalized spacial score (nSPS) is 24.1. The maximum Gasteiger partial charge on any atom is 0.275 e. The van der Waals surface area contributed by atoms with Crippen molar-refractivity contribution in [3.05, 3.63) is 48.0 Å². The molecule has 1 aromatic carbocycles. The van der Waals surface area contributed by atoms with Gasteiger partial charge >= 0.3 is 0 Å². The van der Waals surface area contributed by atoms with Crippen LogP contribution >= 0.6 is 0 Å². The molecule has 2 aromatic rings. The van der Waals surface area contributed by atoms with E-state index < -0.39 is 0 Å². The van der Waals surface area contributed by atoms with E-state index in [2.05, 4.69) is 34.0 Å². The number of carbonyl (C=O) groups excluding carboxylic acids is 2. The minimum absolute atomic E-state index is 0.0767. The first kappa shape index (κ1) is 25.1. The van der Waals surface area contributed by atoms with Crippen molar-refractivity contribution in [1.29, 1.82) is 0 Å². The summed E-state index contributed by atoms with van der Waals surface area (Å²) >= 11 is 0. The Morgan fingerprint density at radius 3 is 2.71 bits per heavy atom. The lowest BCUT2D eigenvalue weighted by atomic mass is 10.0. The summed E-state index contributed by atoms with van der Waals surface area (Å²) in [6, 6.07) is 5.26. The monoisotopic (exact) mass is 481 g/mol. The molecule has 0 unspecified atom stereocenters. The minimum atomic E-state index is -0.379. The first-order valence-corrected chi connectivity index (χ1v) is 12.2. The van der Waals surface area contributed by atoms with Gasteiger partial charge in [0.15, 0.2) is 0 Å². The number of amides is 2. The van der Waals surface area contributed by atoms with Gasteiger partial charge in [-0.2, -0.15) is 0 Å². The highest BCUT2D eigenvalue weighted by Gasteiger charge is 2.31. The third-order valence-corrected chi connectivity index (χ3v) is 6.82. The Morgan fingerprint density at radius 2 is 2.03 bits per heavy atom. The fraction of sp³-hybridized carbons (Fsp3) is 0.538. The van der Waals surface area contributed by atoms with E-state index in [0.717, 1.165) is 19.0 Å². The van der Waals surface area contributed by atoms with Crippen molar-refractivity contribution in [1.82, 2.24) is 19.8 Å². The van der Waals surface area contributed by atoms with Crippen LogP contribution in [0.1, 0.15) is 47.5 Å². The molecule has 0 radical (unpaired) electrons. The van der Waals surface area contributed by atoms with Crippen molar-refractivity contribution < 1.29 is 19.1 Å². The molecular weight excluding hydrogens is 446 g/mol. The van der Waals surface area contributed by atoms with Gasteiger partial charge in [0.05, 0.1) is 17.9 Å². The van der Waals surface area contributed by atoms with Gasteiger partial charge in [0.1, 0.15) is 18.1 Å². The lowest BCUT2D eigenvalue weighted by molar-refractivity contribution is 0.00994. The summed E-state index contributed by atoms with van der Waals surface area (Å²) in [7, 11) is 3.49. The molecule has 188 valence electrons. The Kier molecular flexibility index (Phi) is 7.97. The van der Waals surface area contributed by atoms with Crippen LogP contribution in [0.3, 0.4) is 0 Å². The zero-order valence-corrected chi connectivity index (χ0v) is 20.9. The van der Waals surface area contributed by atoms with Crippen molar-refractivity contribution in [2.75, 3.05) is 45.7 Å². The van der Waals surface area contributed by atoms with E-state index in [-0.39, 0.29) is 35.6 Å². The van der Waals surface area contributed by atoms with Crippen LogP contribution in [0.4, 0.5) is 5.69 Å². The number of aromatic nitrogens is 2. The average Bonchev–Trinajstić information content (AvgIpc) is 3.69. The molecule has 1 saturated carbocycles. The van der Waals surface area contributed by atoms with Gasteiger partial charge < -0.3 is 19.7 Å². The van der Waals surface area contributed by atoms with Crippen LogP contribution in [0.25, 0.3) is 0 Å². The lowest BCUT2D eigenvalue weighted by Gasteiger charge is -2.36. The number of hydrogen-bond donors (Lipinski definition) is 1. The number of fused-ring (bicyclic) bond motifs is 1. The minimum Gasteiger partial charge on any atom is -0.491 e. The molecule has 2 heterocycles. The molecule has 1 aromatic heterocycles. The van der Waals surface area contributed by atoms with Gasteiger partial charge in [0.25, 0.3) is 11.8 Å². The standard InChI is InChI=1S/C26H35N5O4/c1-17-13-31(14-19-5-6-19)18(2)16-35-23-11-20(29-25(32)22-12-27-9-10-28-22)7-8-21(23)26(33)30(3)15-24(17)34-4/h7-12,17-19,24H,5-6,13-16H2,1-4H3,(H,29,32)/t17-,18+,24-/m1/s1. The van der Waals surface area contributed by atoms with E-state index in [9.17, 15) is 9.59 Å². The predicted molar refractivity (Wildman–Crippen MR) is 133 cm³/mol. The van der Waals surface area contributed by atoms with Crippen molar-refractivity contribution in [3.8, 4) is 5.75 Å². The van der Waals surface area contributed by atoms with E-state index in [1.807, 2.05) is 0 Å². The molecule has 2 amide bonds. The van der Waals surface area contributed by atoms with E-state index in [1.54, 1.807) is 37.3 Å². The summed E-state index contributed by atoms with van der Waals surface area (Å²) in [4.78, 5) is 38.1. The van der Waals surface area contributed by atoms with E-state index in [1.165, 1.54) is 31.4 Å². The number of methoxy groups -OCH3 is 1. The average molecular weight is 482 g/mol. The molecule has 4 rings (SSSR count). The summed E-state index contributed by atoms with van der Waals surface area (Å²) in [5.41, 5.74) is 1.18. The van der Waals surface area contributed by atoms with Crippen molar-refractivity contribution in [2.24, 2.45) is 11.8 Å². The maximum atomic E-state index is 13.3. The second-order valence-electron chi connectivity index (χ2n) is 9.75. The fourth-order valence-electron chi connectivity index (χ4n) is 4.42. The van der Waals surface area contributed by atoms with Crippen LogP contribution in [0.5, 0.6) is 5.75 Å². The largest absolute Gasteiger partial charge is 0.491 e. The molecule has 1 N–H and O–H groups in total.